The third-order valence-corrected chi connectivity index (χ3v) is 6.04. The highest BCUT2D eigenvalue weighted by Crippen LogP contribution is 2.33. The number of benzene rings is 1. The fourth-order valence-corrected chi connectivity index (χ4v) is 4.58. The molecule has 0 aliphatic carbocycles. The minimum absolute atomic E-state index is 0.148. The molecule has 5 nitrogen and oxygen atoms in total. The summed E-state index contributed by atoms with van der Waals surface area (Å²) in [5, 5.41) is 10.0. The number of likely N-dealkylation sites (tertiary alicyclic amines) is 1. The quantitative estimate of drug-likeness (QED) is 0.868. The van der Waals surface area contributed by atoms with Crippen molar-refractivity contribution in [3.8, 4) is 0 Å². The molecule has 25 heavy (non-hydrogen) atoms. The molecule has 1 fully saturated rings. The van der Waals surface area contributed by atoms with Gasteiger partial charge in [0.2, 0.25) is 5.91 Å². The summed E-state index contributed by atoms with van der Waals surface area (Å²) >= 11 is 1.72. The van der Waals surface area contributed by atoms with Crippen LogP contribution in [0.5, 0.6) is 0 Å². The summed E-state index contributed by atoms with van der Waals surface area (Å²) in [6, 6.07) is 8.32. The minimum atomic E-state index is -0.155. The van der Waals surface area contributed by atoms with Crippen molar-refractivity contribution in [3.63, 3.8) is 0 Å². The number of hydrogen-bond acceptors (Lipinski definition) is 5. The number of carbonyl (C=O) groups is 1. The van der Waals surface area contributed by atoms with Gasteiger partial charge in [-0.2, -0.15) is 0 Å². The molecular formula is C19H24N4OS. The van der Waals surface area contributed by atoms with Crippen LogP contribution in [0.15, 0.2) is 35.8 Å². The summed E-state index contributed by atoms with van der Waals surface area (Å²) in [6.07, 6.45) is 5.50. The normalized spacial score (nSPS) is 24.6. The van der Waals surface area contributed by atoms with Crippen molar-refractivity contribution in [3.05, 3.63) is 46.4 Å². The lowest BCUT2D eigenvalue weighted by atomic mass is 9.85. The van der Waals surface area contributed by atoms with E-state index in [0.29, 0.717) is 13.0 Å². The lowest BCUT2D eigenvalue weighted by Gasteiger charge is -2.37. The predicted molar refractivity (Wildman–Crippen MR) is 101 cm³/mol. The third-order valence-electron chi connectivity index (χ3n) is 5.27. The second-order valence-corrected chi connectivity index (χ2v) is 8.05. The van der Waals surface area contributed by atoms with E-state index >= 15 is 0 Å². The molecule has 132 valence electrons. The second kappa shape index (κ2) is 7.14. The number of fused-ring (bicyclic) bond motifs is 1. The van der Waals surface area contributed by atoms with Crippen LogP contribution in [0, 0.1) is 0 Å². The van der Waals surface area contributed by atoms with Crippen molar-refractivity contribution < 1.29 is 4.79 Å². The van der Waals surface area contributed by atoms with E-state index in [0.717, 1.165) is 44.6 Å². The summed E-state index contributed by atoms with van der Waals surface area (Å²) in [5.74, 6) is 0.148. The zero-order chi connectivity index (χ0) is 17.1. The highest BCUT2D eigenvalue weighted by molar-refractivity contribution is 7.09. The molecule has 1 aromatic carbocycles. The van der Waals surface area contributed by atoms with Crippen molar-refractivity contribution in [2.45, 2.75) is 44.3 Å². The average Bonchev–Trinajstić information content (AvgIpc) is 3.03. The number of nitrogens with zero attached hydrogens (tertiary/aromatic N) is 2. The first kappa shape index (κ1) is 16.5. The first-order valence-corrected chi connectivity index (χ1v) is 9.84. The first-order valence-electron chi connectivity index (χ1n) is 8.96. The molecule has 0 saturated carbocycles. The van der Waals surface area contributed by atoms with E-state index < -0.39 is 0 Å². The van der Waals surface area contributed by atoms with Crippen LogP contribution < -0.4 is 10.6 Å². The van der Waals surface area contributed by atoms with E-state index in [-0.39, 0.29) is 11.4 Å². The van der Waals surface area contributed by atoms with Gasteiger partial charge >= 0.3 is 0 Å². The smallest absolute Gasteiger partial charge is 0.222 e. The average molecular weight is 356 g/mol. The molecule has 2 aromatic rings. The SMILES string of the molecule is O=C1C[C@]2(CCCN(Cc3nccs3)CC2)Nc2ccccc2CN1. The summed E-state index contributed by atoms with van der Waals surface area (Å²) < 4.78 is 0. The number of rotatable bonds is 2. The van der Waals surface area contributed by atoms with Crippen molar-refractivity contribution in [2.24, 2.45) is 0 Å². The van der Waals surface area contributed by atoms with Gasteiger partial charge in [0, 0.05) is 42.3 Å². The molecule has 1 amide bonds. The van der Waals surface area contributed by atoms with Crippen LogP contribution in [0.2, 0.25) is 0 Å². The molecule has 1 atom stereocenters. The summed E-state index contributed by atoms with van der Waals surface area (Å²) in [7, 11) is 0. The Kier molecular flexibility index (Phi) is 4.72. The molecule has 2 aliphatic rings. The van der Waals surface area contributed by atoms with Crippen LogP contribution in [0.1, 0.15) is 36.3 Å². The Morgan fingerprint density at radius 2 is 2.16 bits per heavy atom. The van der Waals surface area contributed by atoms with Gasteiger partial charge < -0.3 is 10.6 Å². The fraction of sp³-hybridized carbons (Fsp3) is 0.474. The van der Waals surface area contributed by atoms with Gasteiger partial charge in [0.1, 0.15) is 5.01 Å². The van der Waals surface area contributed by atoms with Gasteiger partial charge in [0.05, 0.1) is 6.54 Å². The highest BCUT2D eigenvalue weighted by Gasteiger charge is 2.36. The van der Waals surface area contributed by atoms with Crippen molar-refractivity contribution in [1.82, 2.24) is 15.2 Å². The number of hydrogen-bond donors (Lipinski definition) is 2. The van der Waals surface area contributed by atoms with Gasteiger partial charge in [0.15, 0.2) is 0 Å². The Morgan fingerprint density at radius 3 is 3.04 bits per heavy atom. The van der Waals surface area contributed by atoms with Crippen molar-refractivity contribution >= 4 is 22.9 Å². The van der Waals surface area contributed by atoms with E-state index in [1.165, 1.54) is 10.6 Å². The van der Waals surface area contributed by atoms with E-state index in [2.05, 4.69) is 38.7 Å². The maximum Gasteiger partial charge on any atom is 0.222 e. The number of nitrogens with one attached hydrogen (secondary N) is 2. The summed E-state index contributed by atoms with van der Waals surface area (Å²) in [6.45, 7) is 3.57. The highest BCUT2D eigenvalue weighted by atomic mass is 32.1. The second-order valence-electron chi connectivity index (χ2n) is 7.07. The van der Waals surface area contributed by atoms with Crippen LogP contribution in [0.25, 0.3) is 0 Å². The van der Waals surface area contributed by atoms with Gasteiger partial charge in [-0.25, -0.2) is 4.98 Å². The van der Waals surface area contributed by atoms with Gasteiger partial charge in [-0.1, -0.05) is 18.2 Å². The van der Waals surface area contributed by atoms with Crippen molar-refractivity contribution in [1.29, 1.82) is 0 Å². The summed E-state index contributed by atoms with van der Waals surface area (Å²) in [4.78, 5) is 19.3. The van der Waals surface area contributed by atoms with E-state index in [4.69, 9.17) is 0 Å². The van der Waals surface area contributed by atoms with Gasteiger partial charge in [-0.3, -0.25) is 9.69 Å². The number of carbonyl (C=O) groups excluding carboxylic acids is 1. The van der Waals surface area contributed by atoms with E-state index in [1.807, 2.05) is 17.6 Å². The zero-order valence-corrected chi connectivity index (χ0v) is 15.1. The van der Waals surface area contributed by atoms with Gasteiger partial charge in [0.25, 0.3) is 0 Å². The molecule has 0 bridgehead atoms. The molecule has 0 unspecified atom stereocenters. The van der Waals surface area contributed by atoms with Crippen molar-refractivity contribution in [2.75, 3.05) is 18.4 Å². The molecule has 3 heterocycles. The Morgan fingerprint density at radius 1 is 1.24 bits per heavy atom. The Hall–Kier alpha value is -1.92. The topological polar surface area (TPSA) is 57.3 Å². The summed E-state index contributed by atoms with van der Waals surface area (Å²) in [5.41, 5.74) is 2.17. The standard InChI is InChI=1S/C19H24N4OS/c24-17-12-19(22-16-5-2-1-4-15(16)13-21-17)6-3-9-23(10-7-19)14-18-20-8-11-25-18/h1-2,4-5,8,11,22H,3,6-7,9-10,12-14H2,(H,21,24)/t19-/m1/s1. The molecule has 1 aromatic heterocycles. The molecule has 0 radical (unpaired) electrons. The Labute approximate surface area is 152 Å². The maximum atomic E-state index is 12.4. The van der Waals surface area contributed by atoms with Gasteiger partial charge in [-0.05, 0) is 37.4 Å². The Bertz CT molecular complexity index is 733. The molecule has 2 N–H and O–H groups in total. The minimum Gasteiger partial charge on any atom is -0.379 e. The number of aromatic nitrogens is 1. The van der Waals surface area contributed by atoms with Gasteiger partial charge in [-0.15, -0.1) is 11.3 Å². The van der Waals surface area contributed by atoms with E-state index in [1.54, 1.807) is 11.3 Å². The first-order chi connectivity index (χ1) is 12.2. The number of amides is 1. The predicted octanol–water partition coefficient (Wildman–Crippen LogP) is 3.00. The zero-order valence-electron chi connectivity index (χ0n) is 14.3. The molecular weight excluding hydrogens is 332 g/mol. The molecule has 2 aliphatic heterocycles. The van der Waals surface area contributed by atoms with Crippen LogP contribution in [-0.4, -0.2) is 34.4 Å². The number of para-hydroxylation sites is 1. The van der Waals surface area contributed by atoms with Crippen LogP contribution in [0.4, 0.5) is 5.69 Å². The van der Waals surface area contributed by atoms with Crippen LogP contribution in [-0.2, 0) is 17.9 Å². The molecule has 4 rings (SSSR count). The third kappa shape index (κ3) is 3.85. The Balaban J connectivity index is 1.52. The van der Waals surface area contributed by atoms with Crippen LogP contribution in [0.3, 0.4) is 0 Å². The lowest BCUT2D eigenvalue weighted by Crippen LogP contribution is -2.46. The molecule has 1 spiro atoms. The largest absolute Gasteiger partial charge is 0.379 e. The lowest BCUT2D eigenvalue weighted by molar-refractivity contribution is -0.122. The van der Waals surface area contributed by atoms with E-state index in [9.17, 15) is 4.79 Å². The number of anilines is 1. The molecule has 6 heteroatoms. The monoisotopic (exact) mass is 356 g/mol. The van der Waals surface area contributed by atoms with Crippen LogP contribution >= 0.6 is 11.3 Å². The maximum absolute atomic E-state index is 12.4. The molecule has 1 saturated heterocycles. The fourth-order valence-electron chi connectivity index (χ4n) is 3.92. The number of thiazole rings is 1.